The maximum Gasteiger partial charge on any atom is 0.410 e. The van der Waals surface area contributed by atoms with Gasteiger partial charge in [0.1, 0.15) is 23.4 Å². The van der Waals surface area contributed by atoms with Gasteiger partial charge in [0.2, 0.25) is 5.91 Å². The third-order valence-electron chi connectivity index (χ3n) is 6.24. The molecule has 2 amide bonds. The molecule has 198 valence electrons. The van der Waals surface area contributed by atoms with E-state index in [9.17, 15) is 9.59 Å². The third-order valence-corrected chi connectivity index (χ3v) is 6.24. The number of rotatable bonds is 6. The van der Waals surface area contributed by atoms with Crippen LogP contribution < -0.4 is 10.6 Å². The van der Waals surface area contributed by atoms with Gasteiger partial charge in [-0.25, -0.2) is 19.7 Å². The smallest absolute Gasteiger partial charge is 0.410 e. The summed E-state index contributed by atoms with van der Waals surface area (Å²) in [6.07, 6.45) is 5.77. The predicted molar refractivity (Wildman–Crippen MR) is 146 cm³/mol. The largest absolute Gasteiger partial charge is 0.444 e. The maximum absolute atomic E-state index is 12.4. The number of anilines is 2. The van der Waals surface area contributed by atoms with Gasteiger partial charge in [0.15, 0.2) is 0 Å². The quantitative estimate of drug-likeness (QED) is 0.350. The molecule has 1 aromatic carbocycles. The van der Waals surface area contributed by atoms with Gasteiger partial charge in [-0.15, -0.1) is 0 Å². The van der Waals surface area contributed by atoms with E-state index in [-0.39, 0.29) is 12.0 Å². The number of benzene rings is 1. The first-order chi connectivity index (χ1) is 18.2. The van der Waals surface area contributed by atoms with Crippen molar-refractivity contribution >= 4 is 51.1 Å². The first kappa shape index (κ1) is 25.2. The number of hydrogen-bond donors (Lipinski definition) is 3. The van der Waals surface area contributed by atoms with Crippen LogP contribution in [-0.2, 0) is 16.1 Å². The number of carbonyl (C=O) groups excluding carboxylic acids is 2. The molecule has 0 bridgehead atoms. The number of aromatic nitrogens is 5. The first-order valence-corrected chi connectivity index (χ1v) is 12.6. The van der Waals surface area contributed by atoms with Gasteiger partial charge >= 0.3 is 6.09 Å². The summed E-state index contributed by atoms with van der Waals surface area (Å²) >= 11 is 0. The molecule has 0 saturated heterocycles. The molecule has 1 aliphatic rings. The van der Waals surface area contributed by atoms with Crippen molar-refractivity contribution in [2.75, 3.05) is 25.0 Å². The standard InChI is InChI=1S/C27H32N8O3/c1-17(36)28-9-12-35-16-31-21-6-5-19(13-23(21)35)32-24-20-14-22(33-25(20)30-15-29-24)18-7-10-34(11-8-18)26(37)38-27(2,3)4/h5-7,13-16H,8-12H2,1-4H3,(H,28,36)(H2,29,30,32,33). The molecule has 0 spiro atoms. The average molecular weight is 517 g/mol. The molecule has 0 unspecified atom stereocenters. The lowest BCUT2D eigenvalue weighted by Gasteiger charge is -2.29. The number of amides is 2. The number of imidazole rings is 1. The Labute approximate surface area is 220 Å². The molecule has 3 aromatic heterocycles. The lowest BCUT2D eigenvalue weighted by Crippen LogP contribution is -2.39. The second-order valence-electron chi connectivity index (χ2n) is 10.3. The van der Waals surface area contributed by atoms with Gasteiger partial charge in [-0.1, -0.05) is 6.08 Å². The van der Waals surface area contributed by atoms with E-state index in [1.54, 1.807) is 11.2 Å². The van der Waals surface area contributed by atoms with Crippen LogP contribution in [0, 0.1) is 0 Å². The molecule has 0 atom stereocenters. The van der Waals surface area contributed by atoms with E-state index < -0.39 is 5.60 Å². The topological polar surface area (TPSA) is 130 Å². The third kappa shape index (κ3) is 5.61. The van der Waals surface area contributed by atoms with Crippen molar-refractivity contribution in [2.45, 2.75) is 46.3 Å². The van der Waals surface area contributed by atoms with Crippen LogP contribution >= 0.6 is 0 Å². The number of aromatic amines is 1. The Morgan fingerprint density at radius 1 is 1.16 bits per heavy atom. The Kier molecular flexibility index (Phi) is 6.75. The maximum atomic E-state index is 12.4. The second-order valence-corrected chi connectivity index (χ2v) is 10.3. The minimum atomic E-state index is -0.517. The molecule has 0 aliphatic carbocycles. The highest BCUT2D eigenvalue weighted by Gasteiger charge is 2.24. The molecule has 11 nitrogen and oxygen atoms in total. The van der Waals surface area contributed by atoms with E-state index in [1.807, 2.05) is 49.6 Å². The first-order valence-electron chi connectivity index (χ1n) is 12.6. The molecule has 5 rings (SSSR count). The fraction of sp³-hybridized carbons (Fsp3) is 0.370. The number of nitrogens with zero attached hydrogens (tertiary/aromatic N) is 5. The molecule has 4 heterocycles. The monoisotopic (exact) mass is 516 g/mol. The molecule has 11 heteroatoms. The Bertz CT molecular complexity index is 1530. The van der Waals surface area contributed by atoms with Crippen LogP contribution in [0.2, 0.25) is 0 Å². The van der Waals surface area contributed by atoms with Crippen molar-refractivity contribution < 1.29 is 14.3 Å². The van der Waals surface area contributed by atoms with E-state index in [2.05, 4.69) is 36.6 Å². The second kappa shape index (κ2) is 10.2. The minimum Gasteiger partial charge on any atom is -0.444 e. The highest BCUT2D eigenvalue weighted by molar-refractivity contribution is 5.93. The molecule has 1 aliphatic heterocycles. The van der Waals surface area contributed by atoms with Gasteiger partial charge < -0.3 is 29.8 Å². The van der Waals surface area contributed by atoms with Crippen LogP contribution in [0.4, 0.5) is 16.3 Å². The van der Waals surface area contributed by atoms with Crippen LogP contribution in [0.1, 0.15) is 39.8 Å². The summed E-state index contributed by atoms with van der Waals surface area (Å²) in [5.74, 6) is 0.632. The van der Waals surface area contributed by atoms with Crippen LogP contribution in [0.3, 0.4) is 0 Å². The van der Waals surface area contributed by atoms with Gasteiger partial charge in [-0.05, 0) is 57.0 Å². The molecule has 0 saturated carbocycles. The highest BCUT2D eigenvalue weighted by atomic mass is 16.6. The number of ether oxygens (including phenoxy) is 1. The van der Waals surface area contributed by atoms with Gasteiger partial charge in [0.25, 0.3) is 0 Å². The zero-order chi connectivity index (χ0) is 26.9. The van der Waals surface area contributed by atoms with E-state index in [0.717, 1.165) is 39.0 Å². The van der Waals surface area contributed by atoms with Crippen molar-refractivity contribution in [3.63, 3.8) is 0 Å². The summed E-state index contributed by atoms with van der Waals surface area (Å²) in [7, 11) is 0. The number of H-pyrrole nitrogens is 1. The van der Waals surface area contributed by atoms with E-state index in [0.29, 0.717) is 38.4 Å². The van der Waals surface area contributed by atoms with Crippen LogP contribution in [0.25, 0.3) is 27.6 Å². The fourth-order valence-electron chi connectivity index (χ4n) is 4.42. The van der Waals surface area contributed by atoms with Crippen molar-refractivity contribution in [1.29, 1.82) is 0 Å². The molecule has 4 aromatic rings. The summed E-state index contributed by atoms with van der Waals surface area (Å²) in [5.41, 5.74) is 5.00. The Hall–Kier alpha value is -4.41. The van der Waals surface area contributed by atoms with Gasteiger partial charge in [0.05, 0.1) is 22.7 Å². The molecule has 0 fully saturated rings. The lowest BCUT2D eigenvalue weighted by atomic mass is 10.1. The van der Waals surface area contributed by atoms with Crippen molar-refractivity contribution in [2.24, 2.45) is 0 Å². The Morgan fingerprint density at radius 3 is 2.74 bits per heavy atom. The van der Waals surface area contributed by atoms with Crippen LogP contribution in [0.15, 0.2) is 43.0 Å². The van der Waals surface area contributed by atoms with E-state index >= 15 is 0 Å². The van der Waals surface area contributed by atoms with E-state index in [4.69, 9.17) is 4.74 Å². The summed E-state index contributed by atoms with van der Waals surface area (Å²) in [6.45, 7) is 9.35. The molecule has 38 heavy (non-hydrogen) atoms. The normalized spacial score (nSPS) is 14.0. The van der Waals surface area contributed by atoms with Crippen LogP contribution in [0.5, 0.6) is 0 Å². The van der Waals surface area contributed by atoms with E-state index in [1.165, 1.54) is 13.3 Å². The molecular weight excluding hydrogens is 484 g/mol. The molecular formula is C27H32N8O3. The Balaban J connectivity index is 1.34. The minimum absolute atomic E-state index is 0.0558. The van der Waals surface area contributed by atoms with Gasteiger partial charge in [0, 0.05) is 44.5 Å². The molecule has 0 radical (unpaired) electrons. The van der Waals surface area contributed by atoms with Gasteiger partial charge in [-0.3, -0.25) is 4.79 Å². The predicted octanol–water partition coefficient (Wildman–Crippen LogP) is 4.21. The number of hydrogen-bond acceptors (Lipinski definition) is 7. The lowest BCUT2D eigenvalue weighted by molar-refractivity contribution is -0.118. The highest BCUT2D eigenvalue weighted by Crippen LogP contribution is 2.30. The number of carbonyl (C=O) groups is 2. The zero-order valence-electron chi connectivity index (χ0n) is 22.0. The zero-order valence-corrected chi connectivity index (χ0v) is 22.0. The number of fused-ring (bicyclic) bond motifs is 2. The van der Waals surface area contributed by atoms with Crippen molar-refractivity contribution in [1.82, 2.24) is 34.7 Å². The van der Waals surface area contributed by atoms with Crippen LogP contribution in [-0.4, -0.2) is 66.6 Å². The van der Waals surface area contributed by atoms with Crippen molar-refractivity contribution in [3.8, 4) is 0 Å². The summed E-state index contributed by atoms with van der Waals surface area (Å²) in [6, 6.07) is 7.98. The van der Waals surface area contributed by atoms with Crippen molar-refractivity contribution in [3.05, 3.63) is 48.7 Å². The Morgan fingerprint density at radius 2 is 2.00 bits per heavy atom. The van der Waals surface area contributed by atoms with Gasteiger partial charge in [-0.2, -0.15) is 0 Å². The fourth-order valence-corrected chi connectivity index (χ4v) is 4.42. The summed E-state index contributed by atoms with van der Waals surface area (Å²) in [5, 5.41) is 7.11. The summed E-state index contributed by atoms with van der Waals surface area (Å²) in [4.78, 5) is 42.1. The average Bonchev–Trinajstić information content (AvgIpc) is 3.48. The summed E-state index contributed by atoms with van der Waals surface area (Å²) < 4.78 is 7.51. The number of nitrogens with one attached hydrogen (secondary N) is 3. The molecule has 3 N–H and O–H groups in total. The SMILES string of the molecule is CC(=O)NCCn1cnc2ccc(Nc3ncnc4[nH]c(C5=CCN(C(=O)OC(C)(C)C)CC5)cc34)cc21.